The predicted octanol–water partition coefficient (Wildman–Crippen LogP) is 4.03. The van der Waals surface area contributed by atoms with Gasteiger partial charge in [-0.25, -0.2) is 0 Å². The normalized spacial score (nSPS) is 15.5. The molecule has 1 aliphatic heterocycles. The van der Waals surface area contributed by atoms with E-state index in [9.17, 15) is 19.5 Å². The molecule has 0 aliphatic carbocycles. The number of carbonyl (C=O) groups is 3. The lowest BCUT2D eigenvalue weighted by Gasteiger charge is -2.13. The largest absolute Gasteiger partial charge is 0.506 e. The third-order valence-corrected chi connectivity index (χ3v) is 4.89. The SMILES string of the molecule is Cc1cccc(/C=C2\SC(=O)N(CC(=O)Nc3cc(Cl)ccc3O)C2=O)c1. The van der Waals surface area contributed by atoms with Crippen molar-refractivity contribution in [3.63, 3.8) is 0 Å². The minimum absolute atomic E-state index is 0.106. The number of nitrogens with one attached hydrogen (secondary N) is 1. The molecule has 0 unspecified atom stereocenters. The van der Waals surface area contributed by atoms with Crippen LogP contribution in [0.4, 0.5) is 10.5 Å². The standard InChI is InChI=1S/C19H15ClN2O4S/c1-11-3-2-4-12(7-11)8-16-18(25)22(19(26)27-16)10-17(24)21-14-9-13(20)5-6-15(14)23/h2-9,23H,10H2,1H3,(H,21,24)/b16-8-. The summed E-state index contributed by atoms with van der Waals surface area (Å²) in [4.78, 5) is 37.9. The molecular formula is C19H15ClN2O4S. The van der Waals surface area contributed by atoms with Gasteiger partial charge in [0.15, 0.2) is 0 Å². The molecule has 0 aromatic heterocycles. The number of phenols is 1. The van der Waals surface area contributed by atoms with Crippen LogP contribution in [0.1, 0.15) is 11.1 Å². The average molecular weight is 403 g/mol. The first-order valence-corrected chi connectivity index (χ1v) is 9.13. The molecule has 0 spiro atoms. The van der Waals surface area contributed by atoms with E-state index in [1.807, 2.05) is 31.2 Å². The fourth-order valence-corrected chi connectivity index (χ4v) is 3.50. The summed E-state index contributed by atoms with van der Waals surface area (Å²) in [7, 11) is 0. The van der Waals surface area contributed by atoms with E-state index < -0.39 is 23.6 Å². The third kappa shape index (κ3) is 4.50. The molecule has 1 aliphatic rings. The number of amides is 3. The van der Waals surface area contributed by atoms with Crippen LogP contribution in [0.2, 0.25) is 5.02 Å². The molecule has 2 aromatic carbocycles. The zero-order valence-corrected chi connectivity index (χ0v) is 15.8. The maximum absolute atomic E-state index is 12.5. The summed E-state index contributed by atoms with van der Waals surface area (Å²) in [6.45, 7) is 1.47. The highest BCUT2D eigenvalue weighted by Crippen LogP contribution is 2.32. The molecule has 3 amide bonds. The first-order chi connectivity index (χ1) is 12.8. The van der Waals surface area contributed by atoms with E-state index in [4.69, 9.17) is 11.6 Å². The van der Waals surface area contributed by atoms with Gasteiger partial charge in [0.05, 0.1) is 10.6 Å². The molecule has 3 rings (SSSR count). The summed E-state index contributed by atoms with van der Waals surface area (Å²) in [6, 6.07) is 11.7. The summed E-state index contributed by atoms with van der Waals surface area (Å²) in [5, 5.41) is 12.0. The van der Waals surface area contributed by atoms with E-state index in [0.29, 0.717) is 5.02 Å². The summed E-state index contributed by atoms with van der Waals surface area (Å²) in [5.41, 5.74) is 1.94. The number of thioether (sulfide) groups is 1. The summed E-state index contributed by atoms with van der Waals surface area (Å²) >= 11 is 6.62. The average Bonchev–Trinajstić information content (AvgIpc) is 2.86. The van der Waals surface area contributed by atoms with Crippen molar-refractivity contribution >= 4 is 52.2 Å². The number of hydrogen-bond acceptors (Lipinski definition) is 5. The molecule has 0 atom stereocenters. The summed E-state index contributed by atoms with van der Waals surface area (Å²) in [6.07, 6.45) is 1.62. The first kappa shape index (κ1) is 19.0. The second kappa shape index (κ2) is 7.85. The fraction of sp³-hybridized carbons (Fsp3) is 0.105. The van der Waals surface area contributed by atoms with E-state index in [1.165, 1.54) is 18.2 Å². The molecule has 138 valence electrons. The van der Waals surface area contributed by atoms with Crippen LogP contribution in [-0.2, 0) is 9.59 Å². The Bertz CT molecular complexity index is 974. The van der Waals surface area contributed by atoms with Gasteiger partial charge in [0, 0.05) is 5.02 Å². The van der Waals surface area contributed by atoms with Crippen LogP contribution in [0.15, 0.2) is 47.4 Å². The molecule has 1 heterocycles. The quantitative estimate of drug-likeness (QED) is 0.595. The molecule has 0 bridgehead atoms. The maximum Gasteiger partial charge on any atom is 0.294 e. The van der Waals surface area contributed by atoms with Crippen molar-refractivity contribution in [1.82, 2.24) is 4.90 Å². The number of aromatic hydroxyl groups is 1. The van der Waals surface area contributed by atoms with Crippen molar-refractivity contribution in [2.75, 3.05) is 11.9 Å². The van der Waals surface area contributed by atoms with E-state index >= 15 is 0 Å². The van der Waals surface area contributed by atoms with Crippen LogP contribution in [0, 0.1) is 6.92 Å². The molecule has 0 saturated carbocycles. The van der Waals surface area contributed by atoms with Gasteiger partial charge in [-0.2, -0.15) is 0 Å². The monoisotopic (exact) mass is 402 g/mol. The number of phenolic OH excluding ortho intramolecular Hbond substituents is 1. The zero-order chi connectivity index (χ0) is 19.6. The van der Waals surface area contributed by atoms with E-state index in [2.05, 4.69) is 5.32 Å². The van der Waals surface area contributed by atoms with Gasteiger partial charge < -0.3 is 10.4 Å². The molecular weight excluding hydrogens is 388 g/mol. The van der Waals surface area contributed by atoms with Gasteiger partial charge in [0.1, 0.15) is 12.3 Å². The van der Waals surface area contributed by atoms with Crippen LogP contribution < -0.4 is 5.32 Å². The number of aryl methyl sites for hydroxylation is 1. The third-order valence-electron chi connectivity index (χ3n) is 3.75. The van der Waals surface area contributed by atoms with E-state index in [1.54, 1.807) is 6.08 Å². The Hall–Kier alpha value is -2.77. The zero-order valence-electron chi connectivity index (χ0n) is 14.2. The van der Waals surface area contributed by atoms with Crippen LogP contribution in [0.5, 0.6) is 5.75 Å². The lowest BCUT2D eigenvalue weighted by Crippen LogP contribution is -2.36. The molecule has 2 N–H and O–H groups in total. The topological polar surface area (TPSA) is 86.7 Å². The Morgan fingerprint density at radius 1 is 1.26 bits per heavy atom. The fourth-order valence-electron chi connectivity index (χ4n) is 2.49. The Morgan fingerprint density at radius 2 is 2.04 bits per heavy atom. The van der Waals surface area contributed by atoms with Crippen molar-refractivity contribution in [1.29, 1.82) is 0 Å². The maximum atomic E-state index is 12.5. The predicted molar refractivity (Wildman–Crippen MR) is 106 cm³/mol. The number of halogens is 1. The number of imide groups is 1. The van der Waals surface area contributed by atoms with Crippen LogP contribution in [-0.4, -0.2) is 33.6 Å². The van der Waals surface area contributed by atoms with Gasteiger partial charge in [-0.3, -0.25) is 19.3 Å². The number of rotatable bonds is 4. The van der Waals surface area contributed by atoms with Crippen molar-refractivity contribution in [3.8, 4) is 5.75 Å². The van der Waals surface area contributed by atoms with Gasteiger partial charge in [0.2, 0.25) is 5.91 Å². The lowest BCUT2D eigenvalue weighted by atomic mass is 10.1. The highest BCUT2D eigenvalue weighted by molar-refractivity contribution is 8.18. The van der Waals surface area contributed by atoms with Crippen molar-refractivity contribution in [3.05, 3.63) is 63.5 Å². The van der Waals surface area contributed by atoms with Gasteiger partial charge in [-0.15, -0.1) is 0 Å². The second-order valence-corrected chi connectivity index (χ2v) is 7.32. The van der Waals surface area contributed by atoms with E-state index in [-0.39, 0.29) is 16.3 Å². The van der Waals surface area contributed by atoms with Crippen LogP contribution >= 0.6 is 23.4 Å². The minimum atomic E-state index is -0.619. The summed E-state index contributed by atoms with van der Waals surface area (Å²) in [5.74, 6) is -1.31. The lowest BCUT2D eigenvalue weighted by molar-refractivity contribution is -0.127. The van der Waals surface area contributed by atoms with Crippen LogP contribution in [0.3, 0.4) is 0 Å². The molecule has 8 heteroatoms. The van der Waals surface area contributed by atoms with Gasteiger partial charge in [-0.1, -0.05) is 41.4 Å². The van der Waals surface area contributed by atoms with Gasteiger partial charge in [-0.05, 0) is 48.5 Å². The Labute approximate surface area is 164 Å². The van der Waals surface area contributed by atoms with E-state index in [0.717, 1.165) is 27.8 Å². The van der Waals surface area contributed by atoms with Crippen molar-refractivity contribution in [2.24, 2.45) is 0 Å². The van der Waals surface area contributed by atoms with Crippen LogP contribution in [0.25, 0.3) is 6.08 Å². The highest BCUT2D eigenvalue weighted by atomic mass is 35.5. The Kier molecular flexibility index (Phi) is 5.53. The highest BCUT2D eigenvalue weighted by Gasteiger charge is 2.36. The number of nitrogens with zero attached hydrogens (tertiary/aromatic N) is 1. The first-order valence-electron chi connectivity index (χ1n) is 7.94. The summed E-state index contributed by atoms with van der Waals surface area (Å²) < 4.78 is 0. The Balaban J connectivity index is 1.72. The molecule has 0 radical (unpaired) electrons. The molecule has 6 nitrogen and oxygen atoms in total. The van der Waals surface area contributed by atoms with Gasteiger partial charge >= 0.3 is 0 Å². The number of hydrogen-bond donors (Lipinski definition) is 2. The molecule has 1 fully saturated rings. The van der Waals surface area contributed by atoms with Gasteiger partial charge in [0.25, 0.3) is 11.1 Å². The Morgan fingerprint density at radius 3 is 2.78 bits per heavy atom. The van der Waals surface area contributed by atoms with Crippen molar-refractivity contribution < 1.29 is 19.5 Å². The second-order valence-electron chi connectivity index (χ2n) is 5.89. The molecule has 2 aromatic rings. The number of carbonyl (C=O) groups excluding carboxylic acids is 3. The molecule has 1 saturated heterocycles. The number of anilines is 1. The molecule has 27 heavy (non-hydrogen) atoms. The number of benzene rings is 2. The minimum Gasteiger partial charge on any atom is -0.506 e. The smallest absolute Gasteiger partial charge is 0.294 e. The van der Waals surface area contributed by atoms with Crippen molar-refractivity contribution in [2.45, 2.75) is 6.92 Å².